The van der Waals surface area contributed by atoms with Gasteiger partial charge in [0.15, 0.2) is 4.34 Å². The van der Waals surface area contributed by atoms with Crippen molar-refractivity contribution in [2.75, 3.05) is 12.9 Å². The molecule has 0 fully saturated rings. The van der Waals surface area contributed by atoms with Crippen LogP contribution < -0.4 is 10.6 Å². The number of carbonyl (C=O) groups is 3. The minimum Gasteiger partial charge on any atom is -0.467 e. The topological polar surface area (TPSA) is 97.4 Å². The van der Waals surface area contributed by atoms with Crippen molar-refractivity contribution in [2.24, 2.45) is 0 Å². The highest BCUT2D eigenvalue weighted by Gasteiger charge is 2.27. The summed E-state index contributed by atoms with van der Waals surface area (Å²) in [5, 5.41) is 5.39. The first-order chi connectivity index (χ1) is 15.5. The molecule has 0 bridgehead atoms. The molecule has 1 aromatic heterocycles. The first-order valence-electron chi connectivity index (χ1n) is 9.80. The van der Waals surface area contributed by atoms with Crippen LogP contribution in [0.5, 0.6) is 0 Å². The van der Waals surface area contributed by atoms with Crippen molar-refractivity contribution >= 4 is 60.9 Å². The van der Waals surface area contributed by atoms with Crippen LogP contribution in [0.2, 0.25) is 0 Å². The van der Waals surface area contributed by atoms with Gasteiger partial charge in [-0.1, -0.05) is 53.3 Å². The largest absolute Gasteiger partial charge is 0.467 e. The summed E-state index contributed by atoms with van der Waals surface area (Å²) in [7, 11) is 4.13. The second kappa shape index (κ2) is 11.9. The van der Waals surface area contributed by atoms with E-state index in [-0.39, 0.29) is 11.7 Å². The van der Waals surface area contributed by atoms with Gasteiger partial charge in [0.25, 0.3) is 0 Å². The van der Waals surface area contributed by atoms with E-state index in [2.05, 4.69) is 15.6 Å². The first-order valence-corrected chi connectivity index (χ1v) is 12.9. The van der Waals surface area contributed by atoms with Crippen molar-refractivity contribution in [1.29, 1.82) is 0 Å². The number of nitrogens with zero attached hydrogens (tertiary/aromatic N) is 1. The van der Waals surface area contributed by atoms with E-state index in [0.29, 0.717) is 6.42 Å². The number of rotatable bonds is 10. The van der Waals surface area contributed by atoms with E-state index in [1.54, 1.807) is 11.3 Å². The molecule has 32 heavy (non-hydrogen) atoms. The Labute approximate surface area is 198 Å². The number of carbonyl (C=O) groups excluding carboxylic acids is 3. The van der Waals surface area contributed by atoms with E-state index in [1.165, 1.54) is 35.6 Å². The highest BCUT2D eigenvalue weighted by molar-refractivity contribution is 8.77. The maximum atomic E-state index is 12.9. The molecule has 0 aliphatic heterocycles. The molecular formula is C22H23N3O4S3. The maximum absolute atomic E-state index is 12.9. The van der Waals surface area contributed by atoms with Gasteiger partial charge in [0.05, 0.1) is 17.3 Å². The lowest BCUT2D eigenvalue weighted by Gasteiger charge is -2.21. The van der Waals surface area contributed by atoms with Gasteiger partial charge in [-0.3, -0.25) is 9.59 Å². The smallest absolute Gasteiger partial charge is 0.329 e. The van der Waals surface area contributed by atoms with Crippen molar-refractivity contribution in [3.05, 3.63) is 60.2 Å². The Morgan fingerprint density at radius 3 is 2.44 bits per heavy atom. The van der Waals surface area contributed by atoms with Crippen molar-refractivity contribution in [3.63, 3.8) is 0 Å². The summed E-state index contributed by atoms with van der Waals surface area (Å²) in [6.07, 6.45) is 0.313. The highest BCUT2D eigenvalue weighted by atomic mass is 33.1. The molecule has 0 spiro atoms. The molecule has 0 aliphatic rings. The number of nitrogens with one attached hydrogen (secondary N) is 2. The highest BCUT2D eigenvalue weighted by Crippen LogP contribution is 2.36. The van der Waals surface area contributed by atoms with Gasteiger partial charge in [0, 0.05) is 19.1 Å². The molecule has 2 atom stereocenters. The van der Waals surface area contributed by atoms with Crippen molar-refractivity contribution in [2.45, 2.75) is 29.8 Å². The van der Waals surface area contributed by atoms with Gasteiger partial charge in [-0.2, -0.15) is 0 Å². The standard InChI is InChI=1S/C22H23N3O4S3/c1-14(26)23-17(12-15-8-4-3-5-9-15)20(27)24-18(21(28)29-2)13-30-32-22-25-16-10-6-7-11-19(16)31-22/h3-11,17-18H,12-13H2,1-2H3,(H,23,26)(H,24,27)/t17-,18+/m0/s1. The summed E-state index contributed by atoms with van der Waals surface area (Å²) < 4.78 is 6.82. The Hall–Kier alpha value is -2.56. The fraction of sp³-hybridized carbons (Fsp3) is 0.273. The number of benzene rings is 2. The zero-order valence-corrected chi connectivity index (χ0v) is 20.0. The lowest BCUT2D eigenvalue weighted by atomic mass is 10.0. The lowest BCUT2D eigenvalue weighted by Crippen LogP contribution is -2.53. The molecule has 0 aliphatic carbocycles. The third-order valence-corrected chi connectivity index (χ3v) is 8.12. The Bertz CT molecular complexity index is 1040. The van der Waals surface area contributed by atoms with Crippen LogP contribution in [0.1, 0.15) is 12.5 Å². The predicted molar refractivity (Wildman–Crippen MR) is 130 cm³/mol. The minimum absolute atomic E-state index is 0.289. The molecule has 0 saturated heterocycles. The molecule has 1 heterocycles. The average Bonchev–Trinajstić information content (AvgIpc) is 3.20. The number of aromatic nitrogens is 1. The molecule has 3 aromatic rings. The molecule has 2 amide bonds. The number of amides is 2. The van der Waals surface area contributed by atoms with Crippen molar-refractivity contribution < 1.29 is 19.1 Å². The Kier molecular flexibility index (Phi) is 8.95. The molecule has 0 radical (unpaired) electrons. The molecular weight excluding hydrogens is 466 g/mol. The Balaban J connectivity index is 1.62. The maximum Gasteiger partial charge on any atom is 0.329 e. The third kappa shape index (κ3) is 6.98. The van der Waals surface area contributed by atoms with E-state index >= 15 is 0 Å². The molecule has 168 valence electrons. The number of hydrogen-bond donors (Lipinski definition) is 2. The van der Waals surface area contributed by atoms with Gasteiger partial charge in [-0.15, -0.1) is 11.3 Å². The molecule has 2 aromatic carbocycles. The van der Waals surface area contributed by atoms with Gasteiger partial charge < -0.3 is 15.4 Å². The van der Waals surface area contributed by atoms with Crippen LogP contribution in [0, 0.1) is 0 Å². The zero-order chi connectivity index (χ0) is 22.9. The average molecular weight is 490 g/mol. The summed E-state index contributed by atoms with van der Waals surface area (Å²) in [6, 6.07) is 15.6. The number of esters is 1. The fourth-order valence-corrected chi connectivity index (χ4v) is 6.46. The normalized spacial score (nSPS) is 12.7. The number of hydrogen-bond acceptors (Lipinski definition) is 8. The van der Waals surface area contributed by atoms with Crippen LogP contribution in [0.25, 0.3) is 10.2 Å². The second-order valence-electron chi connectivity index (χ2n) is 6.84. The Morgan fingerprint density at radius 1 is 1.03 bits per heavy atom. The summed E-state index contributed by atoms with van der Waals surface area (Å²) in [5.74, 6) is -1.02. The quantitative estimate of drug-likeness (QED) is 0.333. The molecule has 0 saturated carbocycles. The number of ether oxygens (including phenoxy) is 1. The number of para-hydroxylation sites is 1. The van der Waals surface area contributed by atoms with E-state index in [9.17, 15) is 14.4 Å². The molecule has 2 N–H and O–H groups in total. The van der Waals surface area contributed by atoms with Gasteiger partial charge in [0.2, 0.25) is 11.8 Å². The zero-order valence-electron chi connectivity index (χ0n) is 17.6. The van der Waals surface area contributed by atoms with Crippen LogP contribution >= 0.6 is 32.9 Å². The first kappa shape index (κ1) is 24.1. The lowest BCUT2D eigenvalue weighted by molar-refractivity contribution is -0.144. The van der Waals surface area contributed by atoms with Crippen LogP contribution in [-0.4, -0.2) is 47.7 Å². The number of fused-ring (bicyclic) bond motifs is 1. The van der Waals surface area contributed by atoms with Gasteiger partial charge >= 0.3 is 5.97 Å². The fourth-order valence-electron chi connectivity index (χ4n) is 2.93. The molecule has 0 unspecified atom stereocenters. The minimum atomic E-state index is -0.855. The van der Waals surface area contributed by atoms with E-state index < -0.39 is 24.0 Å². The predicted octanol–water partition coefficient (Wildman–Crippen LogP) is 3.44. The summed E-state index contributed by atoms with van der Waals surface area (Å²) in [5.41, 5.74) is 1.83. The van der Waals surface area contributed by atoms with Gasteiger partial charge in [-0.25, -0.2) is 9.78 Å². The number of thiazole rings is 1. The summed E-state index contributed by atoms with van der Waals surface area (Å²) in [6.45, 7) is 1.35. The summed E-state index contributed by atoms with van der Waals surface area (Å²) >= 11 is 1.57. The van der Waals surface area contributed by atoms with E-state index in [0.717, 1.165) is 20.1 Å². The number of methoxy groups -OCH3 is 1. The van der Waals surface area contributed by atoms with Crippen LogP contribution in [0.3, 0.4) is 0 Å². The van der Waals surface area contributed by atoms with Crippen LogP contribution in [0.4, 0.5) is 0 Å². The van der Waals surface area contributed by atoms with E-state index in [4.69, 9.17) is 4.74 Å². The Morgan fingerprint density at radius 2 is 1.75 bits per heavy atom. The van der Waals surface area contributed by atoms with Crippen molar-refractivity contribution in [3.8, 4) is 0 Å². The van der Waals surface area contributed by atoms with Crippen LogP contribution in [0.15, 0.2) is 58.9 Å². The molecule has 7 nitrogen and oxygen atoms in total. The third-order valence-electron chi connectivity index (χ3n) is 4.42. The summed E-state index contributed by atoms with van der Waals surface area (Å²) in [4.78, 5) is 41.4. The SMILES string of the molecule is COC(=O)[C@@H](CSSc1nc2ccccc2s1)NC(=O)[C@H](Cc1ccccc1)NC(C)=O. The van der Waals surface area contributed by atoms with Gasteiger partial charge in [0.1, 0.15) is 12.1 Å². The van der Waals surface area contributed by atoms with Gasteiger partial charge in [-0.05, 0) is 28.5 Å². The van der Waals surface area contributed by atoms with Crippen LogP contribution in [-0.2, 0) is 25.5 Å². The second-order valence-corrected chi connectivity index (χ2v) is 10.5. The van der Waals surface area contributed by atoms with E-state index in [1.807, 2.05) is 54.6 Å². The molecule has 3 rings (SSSR count). The van der Waals surface area contributed by atoms with Crippen molar-refractivity contribution in [1.82, 2.24) is 15.6 Å². The molecule has 10 heteroatoms. The monoisotopic (exact) mass is 489 g/mol.